The van der Waals surface area contributed by atoms with Crippen molar-refractivity contribution >= 4 is 21.9 Å². The minimum atomic E-state index is -3.03. The Labute approximate surface area is 131 Å². The van der Waals surface area contributed by atoms with Crippen molar-refractivity contribution in [3.05, 3.63) is 34.3 Å². The van der Waals surface area contributed by atoms with E-state index in [1.54, 1.807) is 45.0 Å². The van der Waals surface area contributed by atoms with Gasteiger partial charge in [0.15, 0.2) is 0 Å². The number of alkyl halides is 2. The van der Waals surface area contributed by atoms with Crippen LogP contribution in [0.2, 0.25) is 0 Å². The van der Waals surface area contributed by atoms with Crippen LogP contribution >= 0.6 is 15.9 Å². The molecule has 114 valence electrons. The van der Waals surface area contributed by atoms with Gasteiger partial charge in [0.05, 0.1) is 5.41 Å². The third-order valence-electron chi connectivity index (χ3n) is 4.60. The maximum atomic E-state index is 14.6. The van der Waals surface area contributed by atoms with E-state index >= 15 is 0 Å². The monoisotopic (exact) mass is 358 g/mol. The largest absolute Gasteiger partial charge is 0.459 e. The van der Waals surface area contributed by atoms with Crippen LogP contribution in [0.3, 0.4) is 0 Å². The van der Waals surface area contributed by atoms with Gasteiger partial charge in [-0.05, 0) is 51.3 Å². The highest BCUT2D eigenvalue weighted by Gasteiger charge is 2.92. The molecule has 5 heteroatoms. The van der Waals surface area contributed by atoms with Gasteiger partial charge in [-0.1, -0.05) is 28.1 Å². The van der Waals surface area contributed by atoms with Gasteiger partial charge in [0.1, 0.15) is 11.0 Å². The smallest absolute Gasteiger partial charge is 0.318 e. The standard InChI is InChI=1S/C16H17BrF2O2/c1-13(2,3)21-12(20)15-8-14(9-15,16(15,18)19)10-4-6-11(17)7-5-10/h4-7H,8-9H2,1-3H3. The molecule has 1 aromatic carbocycles. The van der Waals surface area contributed by atoms with Crippen LogP contribution in [0.5, 0.6) is 0 Å². The summed E-state index contributed by atoms with van der Waals surface area (Å²) in [6.45, 7) is 5.08. The Hall–Kier alpha value is -0.970. The lowest BCUT2D eigenvalue weighted by Crippen LogP contribution is -2.84. The van der Waals surface area contributed by atoms with Gasteiger partial charge >= 0.3 is 5.97 Å². The molecule has 3 aliphatic rings. The van der Waals surface area contributed by atoms with Crippen LogP contribution in [-0.4, -0.2) is 17.5 Å². The molecule has 0 radical (unpaired) electrons. The molecule has 2 nitrogen and oxygen atoms in total. The lowest BCUT2D eigenvalue weighted by Gasteiger charge is -2.73. The van der Waals surface area contributed by atoms with Gasteiger partial charge in [0.25, 0.3) is 5.92 Å². The number of carbonyl (C=O) groups excluding carboxylic acids is 1. The molecule has 3 aliphatic carbocycles. The molecule has 3 saturated carbocycles. The number of halogens is 3. The summed E-state index contributed by atoms with van der Waals surface area (Å²) in [4.78, 5) is 12.1. The highest BCUT2D eigenvalue weighted by Crippen LogP contribution is 2.82. The minimum Gasteiger partial charge on any atom is -0.459 e. The zero-order chi connectivity index (χ0) is 15.7. The highest BCUT2D eigenvalue weighted by molar-refractivity contribution is 9.10. The van der Waals surface area contributed by atoms with Gasteiger partial charge in [-0.3, -0.25) is 4.79 Å². The number of esters is 1. The molecule has 0 atom stereocenters. The maximum absolute atomic E-state index is 14.6. The topological polar surface area (TPSA) is 26.3 Å². The van der Waals surface area contributed by atoms with Crippen molar-refractivity contribution in [1.82, 2.24) is 0 Å². The lowest BCUT2D eigenvalue weighted by atomic mass is 9.30. The van der Waals surface area contributed by atoms with Crippen LogP contribution in [0.4, 0.5) is 8.78 Å². The highest BCUT2D eigenvalue weighted by atomic mass is 79.9. The Morgan fingerprint density at radius 1 is 1.19 bits per heavy atom. The molecule has 0 spiro atoms. The first-order chi connectivity index (χ1) is 9.54. The molecule has 0 aromatic heterocycles. The van der Waals surface area contributed by atoms with E-state index in [2.05, 4.69) is 15.9 Å². The fraction of sp³-hybridized carbons (Fsp3) is 0.562. The molecule has 3 fully saturated rings. The van der Waals surface area contributed by atoms with Gasteiger partial charge in [0, 0.05) is 4.47 Å². The van der Waals surface area contributed by atoms with Gasteiger partial charge in [0.2, 0.25) is 0 Å². The molecule has 0 saturated heterocycles. The number of ether oxygens (including phenoxy) is 1. The Kier molecular flexibility index (Phi) is 2.89. The van der Waals surface area contributed by atoms with Crippen molar-refractivity contribution in [2.45, 2.75) is 50.6 Å². The van der Waals surface area contributed by atoms with E-state index in [0.29, 0.717) is 5.56 Å². The van der Waals surface area contributed by atoms with E-state index in [1.807, 2.05) is 0 Å². The number of hydrogen-bond acceptors (Lipinski definition) is 2. The predicted octanol–water partition coefficient (Wildman–Crippen LogP) is 4.46. The third-order valence-corrected chi connectivity index (χ3v) is 5.12. The summed E-state index contributed by atoms with van der Waals surface area (Å²) in [6.07, 6.45) is 0.340. The van der Waals surface area contributed by atoms with E-state index in [-0.39, 0.29) is 12.8 Å². The number of benzene rings is 1. The third kappa shape index (κ3) is 1.76. The lowest BCUT2D eigenvalue weighted by molar-refractivity contribution is -0.360. The van der Waals surface area contributed by atoms with Gasteiger partial charge in [-0.2, -0.15) is 0 Å². The summed E-state index contributed by atoms with van der Waals surface area (Å²) in [5.41, 5.74) is -2.95. The Morgan fingerprint density at radius 2 is 1.71 bits per heavy atom. The maximum Gasteiger partial charge on any atom is 0.318 e. The number of hydrogen-bond donors (Lipinski definition) is 0. The first-order valence-electron chi connectivity index (χ1n) is 6.91. The first-order valence-corrected chi connectivity index (χ1v) is 7.71. The summed E-state index contributed by atoms with van der Waals surface area (Å²) in [5, 5.41) is 0. The van der Waals surface area contributed by atoms with Crippen molar-refractivity contribution in [3.63, 3.8) is 0 Å². The van der Waals surface area contributed by atoms with E-state index in [4.69, 9.17) is 4.74 Å². The zero-order valence-corrected chi connectivity index (χ0v) is 13.8. The van der Waals surface area contributed by atoms with Crippen LogP contribution < -0.4 is 0 Å². The van der Waals surface area contributed by atoms with Crippen LogP contribution in [0.1, 0.15) is 39.2 Å². The fourth-order valence-electron chi connectivity index (χ4n) is 3.47. The van der Waals surface area contributed by atoms with Gasteiger partial charge in [-0.15, -0.1) is 0 Å². The molecule has 0 N–H and O–H groups in total. The van der Waals surface area contributed by atoms with E-state index < -0.39 is 28.3 Å². The Morgan fingerprint density at radius 3 is 2.14 bits per heavy atom. The molecule has 4 rings (SSSR count). The summed E-state index contributed by atoms with van der Waals surface area (Å²) >= 11 is 3.30. The van der Waals surface area contributed by atoms with Gasteiger partial charge in [-0.25, -0.2) is 8.78 Å². The summed E-state index contributed by atoms with van der Waals surface area (Å²) in [7, 11) is 0. The van der Waals surface area contributed by atoms with Crippen molar-refractivity contribution in [1.29, 1.82) is 0 Å². The van der Waals surface area contributed by atoms with Gasteiger partial charge < -0.3 is 4.74 Å². The summed E-state index contributed by atoms with van der Waals surface area (Å²) in [5.74, 6) is -3.80. The molecule has 0 unspecified atom stereocenters. The number of carbonyl (C=O) groups is 1. The summed E-state index contributed by atoms with van der Waals surface area (Å²) in [6, 6.07) is 6.92. The molecule has 21 heavy (non-hydrogen) atoms. The van der Waals surface area contributed by atoms with Crippen LogP contribution in [0, 0.1) is 5.41 Å². The van der Waals surface area contributed by atoms with Crippen molar-refractivity contribution in [2.24, 2.45) is 5.41 Å². The Bertz CT molecular complexity index is 596. The minimum absolute atomic E-state index is 0.170. The fourth-order valence-corrected chi connectivity index (χ4v) is 3.73. The summed E-state index contributed by atoms with van der Waals surface area (Å²) < 4.78 is 35.2. The average Bonchev–Trinajstić information content (AvgIpc) is 2.27. The molecule has 1 aromatic rings. The van der Waals surface area contributed by atoms with E-state index in [0.717, 1.165) is 4.47 Å². The molecule has 2 bridgehead atoms. The van der Waals surface area contributed by atoms with Crippen molar-refractivity contribution in [2.75, 3.05) is 0 Å². The van der Waals surface area contributed by atoms with E-state index in [1.165, 1.54) is 0 Å². The zero-order valence-electron chi connectivity index (χ0n) is 12.2. The average molecular weight is 359 g/mol. The molecule has 0 aliphatic heterocycles. The Balaban J connectivity index is 1.85. The molecular formula is C16H17BrF2O2. The molecule has 0 amide bonds. The van der Waals surface area contributed by atoms with Crippen LogP contribution in [0.25, 0.3) is 0 Å². The van der Waals surface area contributed by atoms with Crippen LogP contribution in [-0.2, 0) is 14.9 Å². The van der Waals surface area contributed by atoms with E-state index in [9.17, 15) is 13.6 Å². The normalized spacial score (nSPS) is 32.9. The quantitative estimate of drug-likeness (QED) is 0.729. The first kappa shape index (κ1) is 14.9. The second kappa shape index (κ2) is 4.06. The molecular weight excluding hydrogens is 342 g/mol. The van der Waals surface area contributed by atoms with Crippen molar-refractivity contribution < 1.29 is 18.3 Å². The number of rotatable bonds is 2. The second-order valence-corrected chi connectivity index (χ2v) is 8.02. The SMILES string of the molecule is CC(C)(C)OC(=O)C12CC(c3ccc(Br)cc3)(C1)C2(F)F. The predicted molar refractivity (Wildman–Crippen MR) is 78.3 cm³/mol. The van der Waals surface area contributed by atoms with Crippen molar-refractivity contribution in [3.8, 4) is 0 Å². The van der Waals surface area contributed by atoms with Crippen LogP contribution in [0.15, 0.2) is 28.7 Å². The second-order valence-electron chi connectivity index (χ2n) is 7.10. The molecule has 0 heterocycles.